The predicted octanol–water partition coefficient (Wildman–Crippen LogP) is 5.05. The van der Waals surface area contributed by atoms with E-state index in [-0.39, 0.29) is 11.7 Å². The minimum absolute atomic E-state index is 0.138. The molecular formula is C21H17N3O3S. The van der Waals surface area contributed by atoms with E-state index in [2.05, 4.69) is 15.3 Å². The predicted molar refractivity (Wildman–Crippen MR) is 109 cm³/mol. The summed E-state index contributed by atoms with van der Waals surface area (Å²) in [7, 11) is 0. The van der Waals surface area contributed by atoms with Crippen LogP contribution in [0, 0.1) is 6.92 Å². The van der Waals surface area contributed by atoms with Crippen molar-refractivity contribution >= 4 is 34.5 Å². The number of fused-ring (bicyclic) bond motifs is 1. The Morgan fingerprint density at radius 1 is 1.11 bits per heavy atom. The Kier molecular flexibility index (Phi) is 5.25. The first-order valence-electron chi connectivity index (χ1n) is 8.64. The molecule has 4 aromatic rings. The van der Waals surface area contributed by atoms with Gasteiger partial charge in [0.15, 0.2) is 5.58 Å². The van der Waals surface area contributed by atoms with Crippen LogP contribution in [0.2, 0.25) is 0 Å². The van der Waals surface area contributed by atoms with Gasteiger partial charge in [-0.25, -0.2) is 9.97 Å². The van der Waals surface area contributed by atoms with Crippen molar-refractivity contribution in [3.05, 3.63) is 72.4 Å². The molecule has 140 valence electrons. The molecule has 0 spiro atoms. The lowest BCUT2D eigenvalue weighted by atomic mass is 10.3. The maximum Gasteiger partial charge on any atom is 0.257 e. The first kappa shape index (κ1) is 18.1. The summed E-state index contributed by atoms with van der Waals surface area (Å²) in [4.78, 5) is 20.7. The third-order valence-electron chi connectivity index (χ3n) is 3.85. The summed E-state index contributed by atoms with van der Waals surface area (Å²) in [5, 5.41) is 3.32. The van der Waals surface area contributed by atoms with E-state index < -0.39 is 0 Å². The van der Waals surface area contributed by atoms with E-state index in [9.17, 15) is 4.79 Å². The van der Waals surface area contributed by atoms with Crippen molar-refractivity contribution < 1.29 is 13.9 Å². The molecule has 4 rings (SSSR count). The van der Waals surface area contributed by atoms with E-state index in [0.29, 0.717) is 28.1 Å². The molecule has 0 aliphatic carbocycles. The quantitative estimate of drug-likeness (QED) is 0.463. The van der Waals surface area contributed by atoms with Crippen LogP contribution in [0.3, 0.4) is 0 Å². The highest BCUT2D eigenvalue weighted by atomic mass is 32.2. The highest BCUT2D eigenvalue weighted by molar-refractivity contribution is 7.99. The number of anilines is 1. The molecule has 0 unspecified atom stereocenters. The summed E-state index contributed by atoms with van der Waals surface area (Å²) in [6.07, 6.45) is 1.75. The molecule has 0 fully saturated rings. The number of benzene rings is 2. The fourth-order valence-corrected chi connectivity index (χ4v) is 3.12. The SMILES string of the molecule is Cc1ccc(Oc2ccc(NC(=O)CSc3nc4ccccc4o3)cc2)nc1. The van der Waals surface area contributed by atoms with Gasteiger partial charge < -0.3 is 14.5 Å². The lowest BCUT2D eigenvalue weighted by Crippen LogP contribution is -2.13. The van der Waals surface area contributed by atoms with Crippen molar-refractivity contribution in [3.63, 3.8) is 0 Å². The van der Waals surface area contributed by atoms with Gasteiger partial charge in [-0.1, -0.05) is 30.0 Å². The summed E-state index contributed by atoms with van der Waals surface area (Å²) < 4.78 is 11.3. The molecule has 2 heterocycles. The second kappa shape index (κ2) is 8.14. The Bertz CT molecular complexity index is 1060. The summed E-state index contributed by atoms with van der Waals surface area (Å²) in [6, 6.07) is 18.4. The monoisotopic (exact) mass is 391 g/mol. The molecule has 1 N–H and O–H groups in total. The van der Waals surface area contributed by atoms with Gasteiger partial charge in [0.05, 0.1) is 5.75 Å². The van der Waals surface area contributed by atoms with E-state index >= 15 is 0 Å². The van der Waals surface area contributed by atoms with Crippen LogP contribution in [-0.2, 0) is 4.79 Å². The number of oxazole rings is 1. The molecule has 7 heteroatoms. The number of aryl methyl sites for hydroxylation is 1. The first-order chi connectivity index (χ1) is 13.7. The van der Waals surface area contributed by atoms with Crippen molar-refractivity contribution in [1.82, 2.24) is 9.97 Å². The van der Waals surface area contributed by atoms with E-state index in [1.165, 1.54) is 11.8 Å². The van der Waals surface area contributed by atoms with Gasteiger partial charge in [0.25, 0.3) is 5.22 Å². The van der Waals surface area contributed by atoms with Crippen molar-refractivity contribution in [1.29, 1.82) is 0 Å². The van der Waals surface area contributed by atoms with Crippen LogP contribution in [0.5, 0.6) is 11.6 Å². The number of thioether (sulfide) groups is 1. The van der Waals surface area contributed by atoms with Crippen LogP contribution in [0.1, 0.15) is 5.56 Å². The van der Waals surface area contributed by atoms with E-state index in [1.54, 1.807) is 30.5 Å². The number of nitrogens with zero attached hydrogens (tertiary/aromatic N) is 2. The Morgan fingerprint density at radius 3 is 2.68 bits per heavy atom. The van der Waals surface area contributed by atoms with Crippen molar-refractivity contribution in [2.75, 3.05) is 11.1 Å². The summed E-state index contributed by atoms with van der Waals surface area (Å²) in [6.45, 7) is 1.97. The average Bonchev–Trinajstić information content (AvgIpc) is 3.13. The van der Waals surface area contributed by atoms with Gasteiger partial charge in [-0.3, -0.25) is 4.79 Å². The number of nitrogens with one attached hydrogen (secondary N) is 1. The fraction of sp³-hybridized carbons (Fsp3) is 0.0952. The van der Waals surface area contributed by atoms with Crippen molar-refractivity contribution in [2.24, 2.45) is 0 Å². The zero-order valence-corrected chi connectivity index (χ0v) is 15.9. The molecule has 0 saturated heterocycles. The Hall–Kier alpha value is -3.32. The largest absolute Gasteiger partial charge is 0.439 e. The number of hydrogen-bond donors (Lipinski definition) is 1. The van der Waals surface area contributed by atoms with Crippen LogP contribution in [0.25, 0.3) is 11.1 Å². The van der Waals surface area contributed by atoms with Crippen LogP contribution >= 0.6 is 11.8 Å². The van der Waals surface area contributed by atoms with Crippen LogP contribution in [-0.4, -0.2) is 21.6 Å². The van der Waals surface area contributed by atoms with Crippen molar-refractivity contribution in [3.8, 4) is 11.6 Å². The van der Waals surface area contributed by atoms with E-state index in [1.807, 2.05) is 43.3 Å². The van der Waals surface area contributed by atoms with Crippen molar-refractivity contribution in [2.45, 2.75) is 12.1 Å². The lowest BCUT2D eigenvalue weighted by Gasteiger charge is -2.07. The van der Waals surface area contributed by atoms with Crippen LogP contribution in [0.4, 0.5) is 5.69 Å². The summed E-state index contributed by atoms with van der Waals surface area (Å²) in [5.74, 6) is 1.24. The second-order valence-corrected chi connectivity index (χ2v) is 7.01. The summed E-state index contributed by atoms with van der Waals surface area (Å²) in [5.41, 5.74) is 3.25. The molecule has 28 heavy (non-hydrogen) atoms. The highest BCUT2D eigenvalue weighted by Gasteiger charge is 2.09. The number of ether oxygens (including phenoxy) is 1. The molecule has 0 aliphatic rings. The van der Waals surface area contributed by atoms with Gasteiger partial charge in [0, 0.05) is 18.0 Å². The number of amides is 1. The Morgan fingerprint density at radius 2 is 1.93 bits per heavy atom. The molecule has 0 radical (unpaired) electrons. The third-order valence-corrected chi connectivity index (χ3v) is 4.67. The van der Waals surface area contributed by atoms with Gasteiger partial charge in [-0.05, 0) is 48.9 Å². The second-order valence-electron chi connectivity index (χ2n) is 6.08. The van der Waals surface area contributed by atoms with E-state index in [0.717, 1.165) is 11.1 Å². The zero-order valence-electron chi connectivity index (χ0n) is 15.1. The molecule has 0 aliphatic heterocycles. The van der Waals surface area contributed by atoms with E-state index in [4.69, 9.17) is 9.15 Å². The Labute approximate surface area is 166 Å². The van der Waals surface area contributed by atoms with Gasteiger partial charge in [-0.2, -0.15) is 0 Å². The minimum Gasteiger partial charge on any atom is -0.439 e. The fourth-order valence-electron chi connectivity index (χ4n) is 2.48. The molecule has 1 amide bonds. The molecule has 0 atom stereocenters. The highest BCUT2D eigenvalue weighted by Crippen LogP contribution is 2.24. The van der Waals surface area contributed by atoms with Gasteiger partial charge in [0.1, 0.15) is 11.3 Å². The maximum absolute atomic E-state index is 12.2. The normalized spacial score (nSPS) is 10.8. The smallest absolute Gasteiger partial charge is 0.257 e. The number of para-hydroxylation sites is 2. The average molecular weight is 391 g/mol. The standard InChI is InChI=1S/C21H17N3O3S/c1-14-6-11-20(22-12-14)26-16-9-7-15(8-10-16)23-19(25)13-28-21-24-17-4-2-3-5-18(17)27-21/h2-12H,13H2,1H3,(H,23,25). The number of pyridine rings is 1. The molecule has 6 nitrogen and oxygen atoms in total. The molecule has 2 aromatic carbocycles. The minimum atomic E-state index is -0.138. The summed E-state index contributed by atoms with van der Waals surface area (Å²) >= 11 is 1.26. The number of carbonyl (C=O) groups is 1. The molecule has 2 aromatic heterocycles. The number of rotatable bonds is 6. The third kappa shape index (κ3) is 4.50. The lowest BCUT2D eigenvalue weighted by molar-refractivity contribution is -0.113. The Balaban J connectivity index is 1.30. The maximum atomic E-state index is 12.2. The van der Waals surface area contributed by atoms with Gasteiger partial charge in [0.2, 0.25) is 11.8 Å². The topological polar surface area (TPSA) is 77.2 Å². The van der Waals surface area contributed by atoms with Crippen LogP contribution in [0.15, 0.2) is 76.5 Å². The molecular weight excluding hydrogens is 374 g/mol. The van der Waals surface area contributed by atoms with Gasteiger partial charge in [-0.15, -0.1) is 0 Å². The van der Waals surface area contributed by atoms with Crippen LogP contribution < -0.4 is 10.1 Å². The zero-order chi connectivity index (χ0) is 19.3. The first-order valence-corrected chi connectivity index (χ1v) is 9.63. The van der Waals surface area contributed by atoms with Gasteiger partial charge >= 0.3 is 0 Å². The molecule has 0 saturated carbocycles. The molecule has 0 bridgehead atoms. The number of hydrogen-bond acceptors (Lipinski definition) is 6. The number of aromatic nitrogens is 2. The number of carbonyl (C=O) groups excluding carboxylic acids is 1.